The molecule has 0 aliphatic carbocycles. The van der Waals surface area contributed by atoms with Gasteiger partial charge >= 0.3 is 0 Å². The highest BCUT2D eigenvalue weighted by Gasteiger charge is 2.02. The zero-order valence-corrected chi connectivity index (χ0v) is 7.26. The second-order valence-electron chi connectivity index (χ2n) is 2.74. The van der Waals surface area contributed by atoms with Crippen LogP contribution in [0.3, 0.4) is 0 Å². The summed E-state index contributed by atoms with van der Waals surface area (Å²) < 4.78 is 1.47. The third-order valence-electron chi connectivity index (χ3n) is 1.60. The first-order valence-electron chi connectivity index (χ1n) is 3.91. The van der Waals surface area contributed by atoms with Gasteiger partial charge in [0.05, 0.1) is 0 Å². The van der Waals surface area contributed by atoms with Crippen LogP contribution >= 0.6 is 0 Å². The smallest absolute Gasteiger partial charge is 0.266 e. The molecule has 0 aromatic carbocycles. The largest absolute Gasteiger partial charge is 0.300 e. The number of rotatable bonds is 3. The Balaban J connectivity index is 2.89. The van der Waals surface area contributed by atoms with Gasteiger partial charge in [-0.2, -0.15) is 0 Å². The average molecular weight is 168 g/mol. The summed E-state index contributed by atoms with van der Waals surface area (Å²) in [6.45, 7) is 3.98. The maximum Gasteiger partial charge on any atom is 0.266 e. The molecule has 66 valence electrons. The maximum atomic E-state index is 11.1. The summed E-state index contributed by atoms with van der Waals surface area (Å²) in [7, 11) is 0. The first-order chi connectivity index (χ1) is 5.63. The molecule has 0 atom stereocenters. The number of carbonyl (C=O) groups excluding carboxylic acids is 1. The summed E-state index contributed by atoms with van der Waals surface area (Å²) >= 11 is 0. The molecule has 0 aliphatic rings. The number of aryl methyl sites for hydroxylation is 1. The lowest BCUT2D eigenvalue weighted by molar-refractivity contribution is -0.116. The fourth-order valence-corrected chi connectivity index (χ4v) is 1.08. The molecule has 0 spiro atoms. The van der Waals surface area contributed by atoms with Crippen LogP contribution in [-0.2, 0) is 17.8 Å². The first kappa shape index (κ1) is 8.77. The van der Waals surface area contributed by atoms with E-state index in [4.69, 9.17) is 0 Å². The molecule has 1 heterocycles. The molecule has 4 nitrogen and oxygen atoms in total. The van der Waals surface area contributed by atoms with Crippen LogP contribution in [0.2, 0.25) is 0 Å². The normalized spacial score (nSPS) is 10.2. The Morgan fingerprint density at radius 1 is 1.67 bits per heavy atom. The predicted molar refractivity (Wildman–Crippen MR) is 45.1 cm³/mol. The molecule has 0 fully saturated rings. The highest BCUT2D eigenvalue weighted by atomic mass is 16.1. The summed E-state index contributed by atoms with van der Waals surface area (Å²) in [5.41, 5.74) is 0.614. The number of nitrogens with zero attached hydrogens (tertiary/aromatic N) is 1. The summed E-state index contributed by atoms with van der Waals surface area (Å²) in [6, 6.07) is 1.46. The van der Waals surface area contributed by atoms with Gasteiger partial charge in [0.25, 0.3) is 5.56 Å². The van der Waals surface area contributed by atoms with Crippen LogP contribution in [0.5, 0.6) is 0 Å². The van der Waals surface area contributed by atoms with Gasteiger partial charge < -0.3 is 0 Å². The zero-order chi connectivity index (χ0) is 9.14. The van der Waals surface area contributed by atoms with E-state index in [-0.39, 0.29) is 11.3 Å². The highest BCUT2D eigenvalue weighted by molar-refractivity contribution is 5.77. The minimum Gasteiger partial charge on any atom is -0.300 e. The molecule has 0 saturated carbocycles. The first-order valence-corrected chi connectivity index (χ1v) is 3.91. The Bertz CT molecular complexity index is 335. The second-order valence-corrected chi connectivity index (χ2v) is 2.74. The minimum absolute atomic E-state index is 0.0551. The number of ketones is 1. The topological polar surface area (TPSA) is 54.9 Å². The summed E-state index contributed by atoms with van der Waals surface area (Å²) in [5, 5.41) is 2.85. The summed E-state index contributed by atoms with van der Waals surface area (Å²) in [4.78, 5) is 21.8. The number of H-pyrrole nitrogens is 1. The van der Waals surface area contributed by atoms with Gasteiger partial charge in [0.2, 0.25) is 0 Å². The fraction of sp³-hybridized carbons (Fsp3) is 0.500. The Labute approximate surface area is 70.2 Å². The molecular formula is C8H12N2O2. The molecule has 0 radical (unpaired) electrons. The van der Waals surface area contributed by atoms with Crippen molar-refractivity contribution in [3.63, 3.8) is 0 Å². The Kier molecular flexibility index (Phi) is 2.47. The van der Waals surface area contributed by atoms with Crippen molar-refractivity contribution in [3.05, 3.63) is 22.1 Å². The third kappa shape index (κ3) is 1.84. The van der Waals surface area contributed by atoms with E-state index in [0.717, 1.165) is 0 Å². The van der Waals surface area contributed by atoms with E-state index in [9.17, 15) is 9.59 Å². The average Bonchev–Trinajstić information content (AvgIpc) is 2.29. The van der Waals surface area contributed by atoms with Gasteiger partial charge in [-0.15, -0.1) is 0 Å². The molecular weight excluding hydrogens is 156 g/mol. The summed E-state index contributed by atoms with van der Waals surface area (Å²) in [6.07, 6.45) is 0.308. The van der Waals surface area contributed by atoms with Gasteiger partial charge in [-0.1, -0.05) is 0 Å². The van der Waals surface area contributed by atoms with E-state index in [0.29, 0.717) is 18.7 Å². The molecule has 0 unspecified atom stereocenters. The van der Waals surface area contributed by atoms with Crippen LogP contribution in [0.15, 0.2) is 10.9 Å². The van der Waals surface area contributed by atoms with Crippen LogP contribution in [0, 0.1) is 0 Å². The van der Waals surface area contributed by atoms with Gasteiger partial charge in [0.1, 0.15) is 5.78 Å². The standard InChI is InChI=1S/C8H12N2O2/c1-3-10-8(12)5-7(9-10)4-6(2)11/h5,9H,3-4H2,1-2H3. The second kappa shape index (κ2) is 3.38. The van der Waals surface area contributed by atoms with Crippen LogP contribution in [-0.4, -0.2) is 15.6 Å². The van der Waals surface area contributed by atoms with E-state index in [1.54, 1.807) is 0 Å². The predicted octanol–water partition coefficient (Wildman–Crippen LogP) is 0.328. The number of hydrogen-bond donors (Lipinski definition) is 1. The van der Waals surface area contributed by atoms with Crippen molar-refractivity contribution in [3.8, 4) is 0 Å². The van der Waals surface area contributed by atoms with Crippen molar-refractivity contribution in [1.82, 2.24) is 9.78 Å². The molecule has 1 N–H and O–H groups in total. The van der Waals surface area contributed by atoms with E-state index >= 15 is 0 Å². The number of carbonyl (C=O) groups is 1. The van der Waals surface area contributed by atoms with E-state index in [1.807, 2.05) is 6.92 Å². The van der Waals surface area contributed by atoms with E-state index in [1.165, 1.54) is 17.7 Å². The monoisotopic (exact) mass is 168 g/mol. The lowest BCUT2D eigenvalue weighted by Gasteiger charge is -1.94. The van der Waals surface area contributed by atoms with Crippen molar-refractivity contribution >= 4 is 5.78 Å². The molecule has 4 heteroatoms. The van der Waals surface area contributed by atoms with E-state index < -0.39 is 0 Å². The van der Waals surface area contributed by atoms with Gasteiger partial charge in [-0.05, 0) is 13.8 Å². The molecule has 1 aromatic heterocycles. The number of aromatic nitrogens is 2. The number of aromatic amines is 1. The van der Waals surface area contributed by atoms with Gasteiger partial charge in [0.15, 0.2) is 0 Å². The molecule has 1 aromatic rings. The lowest BCUT2D eigenvalue weighted by atomic mass is 10.2. The van der Waals surface area contributed by atoms with Crippen molar-refractivity contribution in [2.45, 2.75) is 26.8 Å². The number of hydrogen-bond acceptors (Lipinski definition) is 2. The quantitative estimate of drug-likeness (QED) is 0.707. The molecule has 0 aliphatic heterocycles. The molecule has 0 saturated heterocycles. The SMILES string of the molecule is CCn1[nH]c(CC(C)=O)cc1=O. The Morgan fingerprint density at radius 2 is 2.33 bits per heavy atom. The molecule has 0 bridgehead atoms. The summed E-state index contributed by atoms with van der Waals surface area (Å²) in [5.74, 6) is 0.0551. The fourth-order valence-electron chi connectivity index (χ4n) is 1.08. The van der Waals surface area contributed by atoms with Gasteiger partial charge in [-0.3, -0.25) is 19.4 Å². The molecule has 0 amide bonds. The highest BCUT2D eigenvalue weighted by Crippen LogP contribution is 1.92. The van der Waals surface area contributed by atoms with Crippen molar-refractivity contribution < 1.29 is 4.79 Å². The van der Waals surface area contributed by atoms with Crippen LogP contribution in [0.4, 0.5) is 0 Å². The van der Waals surface area contributed by atoms with Gasteiger partial charge in [0, 0.05) is 24.7 Å². The van der Waals surface area contributed by atoms with E-state index in [2.05, 4.69) is 5.10 Å². The third-order valence-corrected chi connectivity index (χ3v) is 1.60. The van der Waals surface area contributed by atoms with Crippen molar-refractivity contribution in [2.75, 3.05) is 0 Å². The minimum atomic E-state index is -0.0752. The molecule has 1 rings (SSSR count). The zero-order valence-electron chi connectivity index (χ0n) is 7.26. The lowest BCUT2D eigenvalue weighted by Crippen LogP contribution is -2.13. The van der Waals surface area contributed by atoms with Crippen LogP contribution in [0.25, 0.3) is 0 Å². The molecule has 12 heavy (non-hydrogen) atoms. The Morgan fingerprint density at radius 3 is 2.75 bits per heavy atom. The van der Waals surface area contributed by atoms with Gasteiger partial charge in [-0.25, -0.2) is 0 Å². The Hall–Kier alpha value is -1.32. The number of Topliss-reactive ketones (excluding diaryl/α,β-unsaturated/α-hetero) is 1. The van der Waals surface area contributed by atoms with Crippen LogP contribution < -0.4 is 5.56 Å². The maximum absolute atomic E-state index is 11.1. The number of nitrogens with one attached hydrogen (secondary N) is 1. The van der Waals surface area contributed by atoms with Crippen molar-refractivity contribution in [1.29, 1.82) is 0 Å². The van der Waals surface area contributed by atoms with Crippen molar-refractivity contribution in [2.24, 2.45) is 0 Å². The van der Waals surface area contributed by atoms with Crippen LogP contribution in [0.1, 0.15) is 19.5 Å².